The standard InChI is InChI=1S/C19H20FNO2/c1-13-6-4-9-15(17(13)20)18(22)21-12-19(23)11-5-8-14-7-2-3-10-16(14)19/h2-4,6-7,9-10,23H,5,8,11-12H2,1H3,(H,21,22). The lowest BCUT2D eigenvalue weighted by Crippen LogP contribution is -2.43. The number of aryl methyl sites for hydroxylation is 2. The number of amides is 1. The molecule has 0 radical (unpaired) electrons. The molecule has 0 heterocycles. The van der Waals surface area contributed by atoms with E-state index >= 15 is 0 Å². The highest BCUT2D eigenvalue weighted by atomic mass is 19.1. The Kier molecular flexibility index (Phi) is 4.18. The third kappa shape index (κ3) is 2.99. The maximum Gasteiger partial charge on any atom is 0.254 e. The van der Waals surface area contributed by atoms with Gasteiger partial charge in [-0.15, -0.1) is 0 Å². The number of hydrogen-bond donors (Lipinski definition) is 2. The normalized spacial score (nSPS) is 20.0. The van der Waals surface area contributed by atoms with Gasteiger partial charge in [-0.05, 0) is 48.9 Å². The molecule has 3 nitrogen and oxygen atoms in total. The SMILES string of the molecule is Cc1cccc(C(=O)NCC2(O)CCCc3ccccc32)c1F. The number of carbonyl (C=O) groups excluding carboxylic acids is 1. The molecular formula is C19H20FNO2. The van der Waals surface area contributed by atoms with E-state index in [1.807, 2.05) is 24.3 Å². The first-order chi connectivity index (χ1) is 11.0. The van der Waals surface area contributed by atoms with Gasteiger partial charge in [0, 0.05) is 0 Å². The van der Waals surface area contributed by atoms with Crippen LogP contribution in [-0.4, -0.2) is 17.6 Å². The number of rotatable bonds is 3. The van der Waals surface area contributed by atoms with Gasteiger partial charge in [0.05, 0.1) is 12.1 Å². The molecule has 0 spiro atoms. The van der Waals surface area contributed by atoms with Crippen LogP contribution >= 0.6 is 0 Å². The zero-order valence-corrected chi connectivity index (χ0v) is 13.1. The molecule has 0 bridgehead atoms. The highest BCUT2D eigenvalue weighted by molar-refractivity contribution is 5.94. The lowest BCUT2D eigenvalue weighted by molar-refractivity contribution is 0.0189. The Balaban J connectivity index is 1.78. The molecule has 3 rings (SSSR count). The number of nitrogens with one attached hydrogen (secondary N) is 1. The van der Waals surface area contributed by atoms with Gasteiger partial charge < -0.3 is 10.4 Å². The van der Waals surface area contributed by atoms with Crippen LogP contribution in [0.3, 0.4) is 0 Å². The van der Waals surface area contributed by atoms with E-state index < -0.39 is 17.3 Å². The number of fused-ring (bicyclic) bond motifs is 1. The van der Waals surface area contributed by atoms with Crippen molar-refractivity contribution in [2.24, 2.45) is 0 Å². The van der Waals surface area contributed by atoms with Gasteiger partial charge in [0.2, 0.25) is 0 Å². The second kappa shape index (κ2) is 6.13. The average molecular weight is 313 g/mol. The number of benzene rings is 2. The van der Waals surface area contributed by atoms with Crippen molar-refractivity contribution in [2.75, 3.05) is 6.54 Å². The van der Waals surface area contributed by atoms with E-state index in [9.17, 15) is 14.3 Å². The molecule has 1 aliphatic rings. The van der Waals surface area contributed by atoms with Crippen LogP contribution in [0.25, 0.3) is 0 Å². The van der Waals surface area contributed by atoms with E-state index in [0.717, 1.165) is 24.0 Å². The summed E-state index contributed by atoms with van der Waals surface area (Å²) in [5, 5.41) is 13.6. The number of hydrogen-bond acceptors (Lipinski definition) is 2. The Hall–Kier alpha value is -2.20. The summed E-state index contributed by atoms with van der Waals surface area (Å²) in [6, 6.07) is 12.5. The van der Waals surface area contributed by atoms with E-state index in [4.69, 9.17) is 0 Å². The summed E-state index contributed by atoms with van der Waals surface area (Å²) in [4.78, 5) is 12.3. The number of carbonyl (C=O) groups is 1. The smallest absolute Gasteiger partial charge is 0.254 e. The summed E-state index contributed by atoms with van der Waals surface area (Å²) >= 11 is 0. The van der Waals surface area contributed by atoms with Crippen LogP contribution < -0.4 is 5.32 Å². The third-order valence-corrected chi connectivity index (χ3v) is 4.53. The minimum absolute atomic E-state index is 0.0118. The van der Waals surface area contributed by atoms with E-state index in [-0.39, 0.29) is 12.1 Å². The lowest BCUT2D eigenvalue weighted by atomic mass is 9.79. The van der Waals surface area contributed by atoms with Gasteiger partial charge in [-0.2, -0.15) is 0 Å². The van der Waals surface area contributed by atoms with Gasteiger partial charge >= 0.3 is 0 Å². The minimum Gasteiger partial charge on any atom is -0.383 e. The van der Waals surface area contributed by atoms with Crippen molar-refractivity contribution >= 4 is 5.91 Å². The quantitative estimate of drug-likeness (QED) is 0.915. The van der Waals surface area contributed by atoms with Crippen LogP contribution in [0.5, 0.6) is 0 Å². The van der Waals surface area contributed by atoms with Crippen molar-refractivity contribution < 1.29 is 14.3 Å². The third-order valence-electron chi connectivity index (χ3n) is 4.53. The molecule has 1 aliphatic carbocycles. The van der Waals surface area contributed by atoms with Crippen molar-refractivity contribution in [1.29, 1.82) is 0 Å². The summed E-state index contributed by atoms with van der Waals surface area (Å²) in [6.07, 6.45) is 2.38. The Labute approximate surface area is 135 Å². The highest BCUT2D eigenvalue weighted by Gasteiger charge is 2.34. The maximum atomic E-state index is 14.0. The summed E-state index contributed by atoms with van der Waals surface area (Å²) in [7, 11) is 0. The molecule has 4 heteroatoms. The Morgan fingerprint density at radius 3 is 2.87 bits per heavy atom. The van der Waals surface area contributed by atoms with Crippen molar-refractivity contribution in [3.8, 4) is 0 Å². The Morgan fingerprint density at radius 1 is 1.26 bits per heavy atom. The summed E-state index contributed by atoms with van der Waals surface area (Å²) < 4.78 is 14.0. The van der Waals surface area contributed by atoms with E-state index in [1.165, 1.54) is 6.07 Å². The van der Waals surface area contributed by atoms with Crippen LogP contribution in [0.4, 0.5) is 4.39 Å². The van der Waals surface area contributed by atoms with Crippen LogP contribution in [0.1, 0.15) is 39.9 Å². The van der Waals surface area contributed by atoms with Gasteiger partial charge in [0.15, 0.2) is 0 Å². The number of aliphatic hydroxyl groups is 1. The predicted octanol–water partition coefficient (Wildman–Crippen LogP) is 3.09. The molecule has 0 aromatic heterocycles. The molecule has 0 saturated carbocycles. The van der Waals surface area contributed by atoms with Crippen molar-refractivity contribution in [3.05, 3.63) is 70.5 Å². The van der Waals surface area contributed by atoms with E-state index in [2.05, 4.69) is 5.32 Å². The monoisotopic (exact) mass is 313 g/mol. The predicted molar refractivity (Wildman–Crippen MR) is 86.7 cm³/mol. The second-order valence-corrected chi connectivity index (χ2v) is 6.16. The van der Waals surface area contributed by atoms with Crippen molar-refractivity contribution in [3.63, 3.8) is 0 Å². The molecule has 2 aromatic rings. The molecule has 1 unspecified atom stereocenters. The fourth-order valence-electron chi connectivity index (χ4n) is 3.23. The topological polar surface area (TPSA) is 49.3 Å². The zero-order chi connectivity index (χ0) is 16.4. The summed E-state index contributed by atoms with van der Waals surface area (Å²) in [5.41, 5.74) is 1.32. The number of halogens is 1. The van der Waals surface area contributed by atoms with Crippen LogP contribution in [-0.2, 0) is 12.0 Å². The highest BCUT2D eigenvalue weighted by Crippen LogP contribution is 2.34. The van der Waals surface area contributed by atoms with Crippen LogP contribution in [0.2, 0.25) is 0 Å². The minimum atomic E-state index is -1.09. The first-order valence-corrected chi connectivity index (χ1v) is 7.85. The summed E-state index contributed by atoms with van der Waals surface area (Å²) in [6.45, 7) is 1.70. The fraction of sp³-hybridized carbons (Fsp3) is 0.316. The van der Waals surface area contributed by atoms with Gasteiger partial charge in [0.1, 0.15) is 11.4 Å². The van der Waals surface area contributed by atoms with Crippen molar-refractivity contribution in [2.45, 2.75) is 31.8 Å². The van der Waals surface area contributed by atoms with Gasteiger partial charge in [-0.25, -0.2) is 4.39 Å². The van der Waals surface area contributed by atoms with Gasteiger partial charge in [-0.1, -0.05) is 36.4 Å². The largest absolute Gasteiger partial charge is 0.383 e. The van der Waals surface area contributed by atoms with Gasteiger partial charge in [0.25, 0.3) is 5.91 Å². The zero-order valence-electron chi connectivity index (χ0n) is 13.1. The molecule has 120 valence electrons. The second-order valence-electron chi connectivity index (χ2n) is 6.16. The fourth-order valence-corrected chi connectivity index (χ4v) is 3.23. The van der Waals surface area contributed by atoms with E-state index in [0.29, 0.717) is 12.0 Å². The average Bonchev–Trinajstić information content (AvgIpc) is 2.56. The summed E-state index contributed by atoms with van der Waals surface area (Å²) in [5.74, 6) is -1.01. The molecule has 23 heavy (non-hydrogen) atoms. The Morgan fingerprint density at radius 2 is 2.04 bits per heavy atom. The van der Waals surface area contributed by atoms with Crippen molar-refractivity contribution in [1.82, 2.24) is 5.32 Å². The molecule has 2 N–H and O–H groups in total. The molecular weight excluding hydrogens is 293 g/mol. The molecule has 1 atom stereocenters. The van der Waals surface area contributed by atoms with Crippen LogP contribution in [0, 0.1) is 12.7 Å². The molecule has 0 saturated heterocycles. The first-order valence-electron chi connectivity index (χ1n) is 7.85. The van der Waals surface area contributed by atoms with Gasteiger partial charge in [-0.3, -0.25) is 4.79 Å². The maximum absolute atomic E-state index is 14.0. The molecule has 1 amide bonds. The molecule has 0 aliphatic heterocycles. The first kappa shape index (κ1) is 15.7. The Bertz CT molecular complexity index is 744. The van der Waals surface area contributed by atoms with E-state index in [1.54, 1.807) is 19.1 Å². The van der Waals surface area contributed by atoms with Crippen LogP contribution in [0.15, 0.2) is 42.5 Å². The molecule has 0 fully saturated rings. The molecule has 2 aromatic carbocycles. The lowest BCUT2D eigenvalue weighted by Gasteiger charge is -2.34.